The second-order valence-corrected chi connectivity index (χ2v) is 19.8. The summed E-state index contributed by atoms with van der Waals surface area (Å²) in [6.07, 6.45) is 0.0593. The van der Waals surface area contributed by atoms with E-state index in [1.54, 1.807) is 70.8 Å². The molecule has 0 bridgehead atoms. The van der Waals surface area contributed by atoms with Crippen molar-refractivity contribution in [3.05, 3.63) is 29.8 Å². The van der Waals surface area contributed by atoms with Crippen LogP contribution in [0.25, 0.3) is 0 Å². The second kappa shape index (κ2) is 27.0. The van der Waals surface area contributed by atoms with Crippen molar-refractivity contribution in [3.8, 4) is 5.75 Å². The summed E-state index contributed by atoms with van der Waals surface area (Å²) in [5.41, 5.74) is -1.12. The number of ether oxygens (including phenoxy) is 2. The molecule has 1 aliphatic rings. The van der Waals surface area contributed by atoms with Crippen molar-refractivity contribution < 1.29 is 52.6 Å². The zero-order chi connectivity index (χ0) is 52.7. The molecule has 2 rings (SSSR count). The molecule has 69 heavy (non-hydrogen) atoms. The fourth-order valence-electron chi connectivity index (χ4n) is 8.15. The third-order valence-corrected chi connectivity index (χ3v) is 13.2. The van der Waals surface area contributed by atoms with E-state index >= 15 is 0 Å². The molecule has 19 heteroatoms. The van der Waals surface area contributed by atoms with E-state index in [0.717, 1.165) is 0 Å². The van der Waals surface area contributed by atoms with Crippen LogP contribution in [0.3, 0.4) is 0 Å². The molecule has 1 aromatic carbocycles. The molecule has 19 nitrogen and oxygen atoms in total. The van der Waals surface area contributed by atoms with Crippen LogP contribution in [0.2, 0.25) is 0 Å². The number of nitrogens with zero attached hydrogens (tertiary/aromatic N) is 3. The number of Topliss-reactive ketones (excluding diaryl/α,β-unsaturated/α-hetero) is 1. The Hall–Kier alpha value is -5.59. The van der Waals surface area contributed by atoms with Gasteiger partial charge in [0, 0.05) is 45.6 Å². The van der Waals surface area contributed by atoms with Crippen molar-refractivity contribution in [1.82, 2.24) is 41.3 Å². The molecule has 0 aliphatic carbocycles. The minimum absolute atomic E-state index is 0.00398. The fraction of sp³-hybridized carbons (Fsp3) is 0.700. The molecule has 0 spiro atoms. The zero-order valence-corrected chi connectivity index (χ0v) is 43.9. The number of hydrogen-bond acceptors (Lipinski definition) is 12. The van der Waals surface area contributed by atoms with E-state index < -0.39 is 119 Å². The lowest BCUT2D eigenvalue weighted by molar-refractivity contribution is -0.163. The van der Waals surface area contributed by atoms with Crippen molar-refractivity contribution in [1.29, 1.82) is 0 Å². The molecule has 0 saturated carbocycles. The van der Waals surface area contributed by atoms with E-state index in [0.29, 0.717) is 30.6 Å². The summed E-state index contributed by atoms with van der Waals surface area (Å²) in [4.78, 5) is 129. The van der Waals surface area contributed by atoms with Gasteiger partial charge in [-0.3, -0.25) is 48.1 Å². The van der Waals surface area contributed by atoms with Crippen molar-refractivity contribution in [3.63, 3.8) is 0 Å². The highest BCUT2D eigenvalue weighted by Crippen LogP contribution is 2.23. The van der Waals surface area contributed by atoms with Crippen LogP contribution in [-0.4, -0.2) is 158 Å². The Morgan fingerprint density at radius 2 is 1.36 bits per heavy atom. The Morgan fingerprint density at radius 3 is 1.90 bits per heavy atom. The Kier molecular flexibility index (Phi) is 23.3. The van der Waals surface area contributed by atoms with Crippen LogP contribution < -0.4 is 31.3 Å². The smallest absolute Gasteiger partial charge is 0.311 e. The first-order valence-corrected chi connectivity index (χ1v) is 24.2. The fourth-order valence-corrected chi connectivity index (χ4v) is 8.15. The molecular formula is C50H82N8O11. The molecule has 9 atom stereocenters. The lowest BCUT2D eigenvalue weighted by Gasteiger charge is -2.37. The monoisotopic (exact) mass is 971 g/mol. The molecule has 388 valence electrons. The highest BCUT2D eigenvalue weighted by molar-refractivity contribution is 6.09. The van der Waals surface area contributed by atoms with Gasteiger partial charge in [0.1, 0.15) is 29.3 Å². The SMILES string of the molecule is CC[C@H](C)[C@@H]1OC(=O)[C@@H](C)[C@@H](CC)NC(=O)[C@H](C)NC(=O)C(C)(C)C(=O)[C@H](C)NC(=O)C(Cc2ccc(OC)cc2)N(C)C(=O)[C@H](C(C)C)N(C)C(=O)CNC(=O)[C@H](CC(C)C)N(C)CCNC1=O. The third kappa shape index (κ3) is 16.5. The first-order chi connectivity index (χ1) is 32.1. The topological polar surface area (TPSA) is 242 Å². The number of carbonyl (C=O) groups is 9. The van der Waals surface area contributed by atoms with Gasteiger partial charge < -0.3 is 45.9 Å². The highest BCUT2D eigenvalue weighted by Gasteiger charge is 2.43. The van der Waals surface area contributed by atoms with Gasteiger partial charge in [0.2, 0.25) is 35.4 Å². The molecule has 1 heterocycles. The Bertz CT molecular complexity index is 1960. The molecule has 0 aromatic heterocycles. The number of likely N-dealkylation sites (N-methyl/N-ethyl adjacent to an activating group) is 3. The molecule has 1 aromatic rings. The zero-order valence-electron chi connectivity index (χ0n) is 43.9. The van der Waals surface area contributed by atoms with Gasteiger partial charge >= 0.3 is 5.97 Å². The molecule has 5 N–H and O–H groups in total. The van der Waals surface area contributed by atoms with Gasteiger partial charge in [0.05, 0.1) is 31.7 Å². The minimum Gasteiger partial charge on any atom is -0.497 e. The van der Waals surface area contributed by atoms with Crippen LogP contribution in [0, 0.1) is 29.1 Å². The molecule has 1 aliphatic heterocycles. The second-order valence-electron chi connectivity index (χ2n) is 19.8. The maximum absolute atomic E-state index is 14.6. The normalized spacial score (nSPS) is 27.2. The predicted octanol–water partition coefficient (Wildman–Crippen LogP) is 2.23. The first kappa shape index (κ1) is 59.5. The summed E-state index contributed by atoms with van der Waals surface area (Å²) in [7, 11) is 6.14. The van der Waals surface area contributed by atoms with Gasteiger partial charge in [-0.25, -0.2) is 0 Å². The van der Waals surface area contributed by atoms with Crippen molar-refractivity contribution in [2.24, 2.45) is 29.1 Å². The van der Waals surface area contributed by atoms with Gasteiger partial charge in [-0.2, -0.15) is 0 Å². The molecular weight excluding hydrogens is 889 g/mol. The number of ketones is 1. The molecule has 1 saturated heterocycles. The Morgan fingerprint density at radius 1 is 0.754 bits per heavy atom. The number of nitrogens with one attached hydrogen (secondary N) is 5. The summed E-state index contributed by atoms with van der Waals surface area (Å²) < 4.78 is 11.1. The van der Waals surface area contributed by atoms with Crippen molar-refractivity contribution >= 4 is 53.1 Å². The van der Waals surface area contributed by atoms with Gasteiger partial charge in [-0.05, 0) is 90.5 Å². The van der Waals surface area contributed by atoms with Crippen molar-refractivity contribution in [2.75, 3.05) is 47.9 Å². The third-order valence-electron chi connectivity index (χ3n) is 13.2. The van der Waals surface area contributed by atoms with E-state index in [4.69, 9.17) is 9.47 Å². The van der Waals surface area contributed by atoms with E-state index in [9.17, 15) is 43.2 Å². The quantitative estimate of drug-likeness (QED) is 0.177. The number of amides is 7. The van der Waals surface area contributed by atoms with E-state index in [2.05, 4.69) is 26.6 Å². The van der Waals surface area contributed by atoms with Crippen LogP contribution >= 0.6 is 0 Å². The minimum atomic E-state index is -1.77. The summed E-state index contributed by atoms with van der Waals surface area (Å²) in [6, 6.07) is 0.716. The Balaban J connectivity index is 2.65. The molecule has 1 fully saturated rings. The van der Waals surface area contributed by atoms with Gasteiger partial charge in [-0.15, -0.1) is 0 Å². The van der Waals surface area contributed by atoms with Gasteiger partial charge in [0.15, 0.2) is 11.9 Å². The van der Waals surface area contributed by atoms with Gasteiger partial charge in [0.25, 0.3) is 5.91 Å². The summed E-state index contributed by atoms with van der Waals surface area (Å²) in [5, 5.41) is 13.7. The van der Waals surface area contributed by atoms with Crippen LogP contribution in [0.1, 0.15) is 108 Å². The van der Waals surface area contributed by atoms with Gasteiger partial charge in [-0.1, -0.05) is 60.6 Å². The average molecular weight is 971 g/mol. The summed E-state index contributed by atoms with van der Waals surface area (Å²) >= 11 is 0. The largest absolute Gasteiger partial charge is 0.497 e. The summed E-state index contributed by atoms with van der Waals surface area (Å²) in [6.45, 7) is 19.9. The van der Waals surface area contributed by atoms with Crippen LogP contribution in [0.4, 0.5) is 0 Å². The molecule has 1 unspecified atom stereocenters. The summed E-state index contributed by atoms with van der Waals surface area (Å²) in [5.74, 6) is -6.73. The number of hydrogen-bond donors (Lipinski definition) is 5. The number of cyclic esters (lactones) is 1. The lowest BCUT2D eigenvalue weighted by atomic mass is 9.83. The average Bonchev–Trinajstić information content (AvgIpc) is 3.30. The highest BCUT2D eigenvalue weighted by atomic mass is 16.5. The molecule has 7 amide bonds. The maximum atomic E-state index is 14.6. The number of rotatable bonds is 9. The van der Waals surface area contributed by atoms with E-state index in [1.165, 1.54) is 58.7 Å². The number of esters is 1. The van der Waals surface area contributed by atoms with Crippen LogP contribution in [0.5, 0.6) is 5.75 Å². The van der Waals surface area contributed by atoms with E-state index in [1.807, 2.05) is 20.8 Å². The number of methoxy groups -OCH3 is 1. The standard InChI is InChI=1S/C50H82N8O11/c1-17-30(7)41-46(64)51-23-24-56(13)37(25-28(3)4)44(62)52-27-39(59)58(15)40(29(5)6)47(65)57(14)38(26-34-19-21-35(68-16)22-20-34)45(63)53-32(9)42(60)50(11,12)49(67)54-33(10)43(61)55-36(18-2)31(8)48(66)69-41/h19-22,28-33,36-38,40-41H,17-18,23-27H2,1-16H3,(H,51,64)(H,52,62)(H,53,63)(H,54,67)(H,55,61)/t30-,31-,32-,33-,36+,37-,38?,40-,41-/m0/s1. The maximum Gasteiger partial charge on any atom is 0.311 e. The van der Waals surface area contributed by atoms with Crippen LogP contribution in [-0.2, 0) is 54.3 Å². The predicted molar refractivity (Wildman–Crippen MR) is 261 cm³/mol. The Labute approximate surface area is 409 Å². The van der Waals surface area contributed by atoms with Crippen LogP contribution in [0.15, 0.2) is 24.3 Å². The van der Waals surface area contributed by atoms with E-state index in [-0.39, 0.29) is 31.3 Å². The lowest BCUT2D eigenvalue weighted by Crippen LogP contribution is -2.60. The molecule has 0 radical (unpaired) electrons. The number of carbonyl (C=O) groups excluding carboxylic acids is 9. The number of benzene rings is 1. The first-order valence-electron chi connectivity index (χ1n) is 24.2. The van der Waals surface area contributed by atoms with Crippen molar-refractivity contribution in [2.45, 2.75) is 151 Å².